The summed E-state index contributed by atoms with van der Waals surface area (Å²) in [5.41, 5.74) is 0. The number of rotatable bonds is 8. The van der Waals surface area contributed by atoms with Crippen molar-refractivity contribution >= 4 is 5.97 Å². The summed E-state index contributed by atoms with van der Waals surface area (Å²) in [6.07, 6.45) is 3.12. The van der Waals surface area contributed by atoms with Crippen LogP contribution in [0.3, 0.4) is 0 Å². The molecule has 0 saturated heterocycles. The Morgan fingerprint density at radius 1 is 1.40 bits per heavy atom. The summed E-state index contributed by atoms with van der Waals surface area (Å²) in [5.74, 6) is 0.672. The van der Waals surface area contributed by atoms with E-state index in [1.807, 2.05) is 7.05 Å². The third-order valence-corrected chi connectivity index (χ3v) is 2.59. The first-order chi connectivity index (χ1) is 7.22. The summed E-state index contributed by atoms with van der Waals surface area (Å²) in [6.45, 7) is 3.28. The molecular formula is C11H21NO3. The number of esters is 1. The van der Waals surface area contributed by atoms with Crippen LogP contribution in [0.15, 0.2) is 0 Å². The Balaban J connectivity index is 1.87. The summed E-state index contributed by atoms with van der Waals surface area (Å²) in [6, 6.07) is 0. The monoisotopic (exact) mass is 215 g/mol. The maximum Gasteiger partial charge on any atom is 0.306 e. The standard InChI is InChI=1S/C11H21NO3/c1-12(6-5-11(13)14-2)7-8-15-9-10-3-4-10/h10H,3-9H2,1-2H3. The maximum atomic E-state index is 10.9. The molecule has 4 heteroatoms. The molecule has 0 amide bonds. The van der Waals surface area contributed by atoms with Gasteiger partial charge >= 0.3 is 5.97 Å². The van der Waals surface area contributed by atoms with Gasteiger partial charge in [0.2, 0.25) is 0 Å². The highest BCUT2D eigenvalue weighted by molar-refractivity contribution is 5.69. The van der Waals surface area contributed by atoms with Gasteiger partial charge in [0.15, 0.2) is 0 Å². The molecule has 15 heavy (non-hydrogen) atoms. The molecule has 1 aliphatic carbocycles. The van der Waals surface area contributed by atoms with Crippen molar-refractivity contribution in [1.29, 1.82) is 0 Å². The predicted molar refractivity (Wildman–Crippen MR) is 57.7 cm³/mol. The fourth-order valence-corrected chi connectivity index (χ4v) is 1.25. The maximum absolute atomic E-state index is 10.9. The van der Waals surface area contributed by atoms with Gasteiger partial charge in [-0.15, -0.1) is 0 Å². The fraction of sp³-hybridized carbons (Fsp3) is 0.909. The first-order valence-electron chi connectivity index (χ1n) is 5.55. The zero-order valence-corrected chi connectivity index (χ0v) is 9.70. The molecule has 1 aliphatic rings. The van der Waals surface area contributed by atoms with E-state index in [1.54, 1.807) is 0 Å². The second kappa shape index (κ2) is 6.80. The molecule has 0 bridgehead atoms. The lowest BCUT2D eigenvalue weighted by Crippen LogP contribution is -2.26. The van der Waals surface area contributed by atoms with E-state index in [1.165, 1.54) is 20.0 Å². The first kappa shape index (κ1) is 12.5. The van der Waals surface area contributed by atoms with Gasteiger partial charge in [0.1, 0.15) is 0 Å². The Hall–Kier alpha value is -0.610. The number of nitrogens with zero attached hydrogens (tertiary/aromatic N) is 1. The largest absolute Gasteiger partial charge is 0.469 e. The summed E-state index contributed by atoms with van der Waals surface area (Å²) in [4.78, 5) is 13.0. The summed E-state index contributed by atoms with van der Waals surface area (Å²) >= 11 is 0. The van der Waals surface area contributed by atoms with Crippen molar-refractivity contribution in [3.63, 3.8) is 0 Å². The molecule has 0 aromatic carbocycles. The number of likely N-dealkylation sites (N-methyl/N-ethyl adjacent to an activating group) is 1. The molecule has 4 nitrogen and oxygen atoms in total. The second-order valence-electron chi connectivity index (χ2n) is 4.15. The number of carbonyl (C=O) groups excluding carboxylic acids is 1. The molecule has 1 rings (SSSR count). The summed E-state index contributed by atoms with van der Waals surface area (Å²) in [7, 11) is 3.41. The van der Waals surface area contributed by atoms with Crippen molar-refractivity contribution in [2.24, 2.45) is 5.92 Å². The van der Waals surface area contributed by atoms with Crippen LogP contribution in [0, 0.1) is 5.92 Å². The molecule has 88 valence electrons. The van der Waals surface area contributed by atoms with Crippen molar-refractivity contribution in [2.75, 3.05) is 40.5 Å². The van der Waals surface area contributed by atoms with Gasteiger partial charge in [0, 0.05) is 19.7 Å². The molecule has 0 heterocycles. The Kier molecular flexibility index (Phi) is 5.65. The lowest BCUT2D eigenvalue weighted by Gasteiger charge is -2.15. The number of carbonyl (C=O) groups is 1. The second-order valence-corrected chi connectivity index (χ2v) is 4.15. The van der Waals surface area contributed by atoms with E-state index in [9.17, 15) is 4.79 Å². The van der Waals surface area contributed by atoms with Crippen molar-refractivity contribution < 1.29 is 14.3 Å². The molecule has 0 N–H and O–H groups in total. The van der Waals surface area contributed by atoms with Gasteiger partial charge in [-0.1, -0.05) is 0 Å². The average molecular weight is 215 g/mol. The van der Waals surface area contributed by atoms with E-state index in [-0.39, 0.29) is 5.97 Å². The van der Waals surface area contributed by atoms with Crippen molar-refractivity contribution in [3.05, 3.63) is 0 Å². The van der Waals surface area contributed by atoms with Crippen LogP contribution >= 0.6 is 0 Å². The molecule has 1 saturated carbocycles. The van der Waals surface area contributed by atoms with Crippen LogP contribution in [0.5, 0.6) is 0 Å². The Labute approximate surface area is 91.5 Å². The van der Waals surface area contributed by atoms with E-state index < -0.39 is 0 Å². The van der Waals surface area contributed by atoms with E-state index in [2.05, 4.69) is 9.64 Å². The van der Waals surface area contributed by atoms with Gasteiger partial charge in [-0.3, -0.25) is 4.79 Å². The topological polar surface area (TPSA) is 38.8 Å². The van der Waals surface area contributed by atoms with E-state index in [0.717, 1.165) is 32.2 Å². The molecule has 1 fully saturated rings. The molecule has 0 unspecified atom stereocenters. The SMILES string of the molecule is COC(=O)CCN(C)CCOCC1CC1. The highest BCUT2D eigenvalue weighted by Gasteiger charge is 2.20. The van der Waals surface area contributed by atoms with Crippen LogP contribution in [0.1, 0.15) is 19.3 Å². The quantitative estimate of drug-likeness (QED) is 0.445. The van der Waals surface area contributed by atoms with Crippen LogP contribution in [0.25, 0.3) is 0 Å². The van der Waals surface area contributed by atoms with Crippen molar-refractivity contribution in [2.45, 2.75) is 19.3 Å². The van der Waals surface area contributed by atoms with Gasteiger partial charge in [-0.2, -0.15) is 0 Å². The van der Waals surface area contributed by atoms with Crippen LogP contribution in [-0.4, -0.2) is 51.3 Å². The number of hydrogen-bond donors (Lipinski definition) is 0. The number of methoxy groups -OCH3 is 1. The first-order valence-corrected chi connectivity index (χ1v) is 5.55. The van der Waals surface area contributed by atoms with Crippen LogP contribution in [0.2, 0.25) is 0 Å². The van der Waals surface area contributed by atoms with Gasteiger partial charge in [0.05, 0.1) is 20.1 Å². The minimum atomic E-state index is -0.152. The highest BCUT2D eigenvalue weighted by Crippen LogP contribution is 2.28. The fourth-order valence-electron chi connectivity index (χ4n) is 1.25. The van der Waals surface area contributed by atoms with Crippen LogP contribution in [-0.2, 0) is 14.3 Å². The smallest absolute Gasteiger partial charge is 0.306 e. The zero-order valence-electron chi connectivity index (χ0n) is 9.70. The van der Waals surface area contributed by atoms with E-state index >= 15 is 0 Å². The molecule has 0 aromatic heterocycles. The summed E-state index contributed by atoms with van der Waals surface area (Å²) < 4.78 is 10.1. The van der Waals surface area contributed by atoms with Gasteiger partial charge in [-0.25, -0.2) is 0 Å². The Bertz CT molecular complexity index is 192. The lowest BCUT2D eigenvalue weighted by molar-refractivity contribution is -0.140. The Morgan fingerprint density at radius 3 is 2.73 bits per heavy atom. The third-order valence-electron chi connectivity index (χ3n) is 2.59. The van der Waals surface area contributed by atoms with Crippen molar-refractivity contribution in [3.8, 4) is 0 Å². The molecule has 0 aromatic rings. The molecule has 0 aliphatic heterocycles. The highest BCUT2D eigenvalue weighted by atomic mass is 16.5. The lowest BCUT2D eigenvalue weighted by atomic mass is 10.4. The average Bonchev–Trinajstić information content (AvgIpc) is 3.04. The Morgan fingerprint density at radius 2 is 2.13 bits per heavy atom. The van der Waals surface area contributed by atoms with Crippen LogP contribution in [0.4, 0.5) is 0 Å². The van der Waals surface area contributed by atoms with Crippen molar-refractivity contribution in [1.82, 2.24) is 4.90 Å². The normalized spacial score (nSPS) is 15.7. The third kappa shape index (κ3) is 6.47. The van der Waals surface area contributed by atoms with Gasteiger partial charge in [0.25, 0.3) is 0 Å². The minimum absolute atomic E-state index is 0.152. The minimum Gasteiger partial charge on any atom is -0.469 e. The molecule has 0 radical (unpaired) electrons. The van der Waals surface area contributed by atoms with E-state index in [4.69, 9.17) is 4.74 Å². The van der Waals surface area contributed by atoms with Crippen LogP contribution < -0.4 is 0 Å². The number of hydrogen-bond acceptors (Lipinski definition) is 4. The van der Waals surface area contributed by atoms with E-state index in [0.29, 0.717) is 6.42 Å². The zero-order chi connectivity index (χ0) is 11.1. The molecule has 0 spiro atoms. The van der Waals surface area contributed by atoms with Gasteiger partial charge < -0.3 is 14.4 Å². The molecule has 0 atom stereocenters. The summed E-state index contributed by atoms with van der Waals surface area (Å²) in [5, 5.41) is 0. The predicted octanol–water partition coefficient (Wildman–Crippen LogP) is 0.908. The number of ether oxygens (including phenoxy) is 2. The van der Waals surface area contributed by atoms with Gasteiger partial charge in [-0.05, 0) is 25.8 Å². The molecular weight excluding hydrogens is 194 g/mol.